The first-order chi connectivity index (χ1) is 21.6. The molecule has 0 aliphatic heterocycles. The Hall–Kier alpha value is -2.04. The van der Waals surface area contributed by atoms with Crippen molar-refractivity contribution >= 4 is 11.8 Å². The van der Waals surface area contributed by atoms with Gasteiger partial charge >= 0.3 is 0 Å². The van der Waals surface area contributed by atoms with Crippen LogP contribution in [-0.4, -0.2) is 31.5 Å². The lowest BCUT2D eigenvalue weighted by atomic mass is 10.1. The SMILES string of the molecule is CCCCCCCCCCCCCOc1cc(C(=O)NCCCCCCCCC)ccc1C(=O)NCCCCCCCCC. The van der Waals surface area contributed by atoms with E-state index in [4.69, 9.17) is 4.74 Å². The molecule has 0 unspecified atom stereocenters. The fraction of sp³-hybridized carbons (Fsp3) is 0.795. The van der Waals surface area contributed by atoms with E-state index in [-0.39, 0.29) is 11.8 Å². The van der Waals surface area contributed by atoms with Gasteiger partial charge in [0, 0.05) is 18.7 Å². The second kappa shape index (κ2) is 29.7. The zero-order valence-electron chi connectivity index (χ0n) is 29.3. The second-order valence-electron chi connectivity index (χ2n) is 12.8. The van der Waals surface area contributed by atoms with Crippen LogP contribution >= 0.6 is 0 Å². The highest BCUT2D eigenvalue weighted by atomic mass is 16.5. The number of benzene rings is 1. The van der Waals surface area contributed by atoms with Crippen LogP contribution in [0.1, 0.15) is 202 Å². The predicted octanol–water partition coefficient (Wildman–Crippen LogP) is 11.3. The molecule has 0 fully saturated rings. The molecule has 0 spiro atoms. The molecule has 2 N–H and O–H groups in total. The van der Waals surface area contributed by atoms with E-state index in [2.05, 4.69) is 31.4 Å². The van der Waals surface area contributed by atoms with E-state index in [0.717, 1.165) is 38.5 Å². The largest absolute Gasteiger partial charge is 0.493 e. The molecular formula is C39H70N2O3. The van der Waals surface area contributed by atoms with E-state index < -0.39 is 0 Å². The molecule has 0 heterocycles. The zero-order chi connectivity index (χ0) is 31.9. The van der Waals surface area contributed by atoms with E-state index in [0.29, 0.717) is 36.6 Å². The maximum Gasteiger partial charge on any atom is 0.255 e. The van der Waals surface area contributed by atoms with Gasteiger partial charge in [-0.15, -0.1) is 0 Å². The summed E-state index contributed by atoms with van der Waals surface area (Å²) in [4.78, 5) is 26.0. The van der Waals surface area contributed by atoms with Crippen molar-refractivity contribution in [2.24, 2.45) is 0 Å². The van der Waals surface area contributed by atoms with Crippen LogP contribution in [-0.2, 0) is 0 Å². The zero-order valence-corrected chi connectivity index (χ0v) is 29.3. The Labute approximate surface area is 272 Å². The van der Waals surface area contributed by atoms with Crippen LogP contribution in [0, 0.1) is 0 Å². The van der Waals surface area contributed by atoms with Gasteiger partial charge in [0.15, 0.2) is 0 Å². The molecule has 0 saturated heterocycles. The first-order valence-electron chi connectivity index (χ1n) is 19.0. The highest BCUT2D eigenvalue weighted by Crippen LogP contribution is 2.22. The van der Waals surface area contributed by atoms with E-state index in [1.807, 2.05) is 0 Å². The quantitative estimate of drug-likeness (QED) is 0.0818. The van der Waals surface area contributed by atoms with Crippen molar-refractivity contribution in [1.82, 2.24) is 10.6 Å². The molecule has 254 valence electrons. The molecule has 0 aliphatic rings. The van der Waals surface area contributed by atoms with Gasteiger partial charge in [-0.1, -0.05) is 162 Å². The smallest absolute Gasteiger partial charge is 0.255 e. The molecule has 0 bridgehead atoms. The fourth-order valence-electron chi connectivity index (χ4n) is 5.68. The molecule has 1 aromatic carbocycles. The van der Waals surface area contributed by atoms with Gasteiger partial charge in [-0.25, -0.2) is 0 Å². The van der Waals surface area contributed by atoms with Gasteiger partial charge in [0.05, 0.1) is 12.2 Å². The number of amides is 2. The minimum absolute atomic E-state index is 0.0921. The summed E-state index contributed by atoms with van der Waals surface area (Å²) in [6.45, 7) is 8.66. The number of carbonyl (C=O) groups excluding carboxylic acids is 2. The van der Waals surface area contributed by atoms with Gasteiger partial charge in [0.1, 0.15) is 5.75 Å². The second-order valence-corrected chi connectivity index (χ2v) is 12.8. The Kier molecular flexibility index (Phi) is 27.0. The van der Waals surface area contributed by atoms with Crippen LogP contribution in [0.4, 0.5) is 0 Å². The maximum atomic E-state index is 13.1. The average Bonchev–Trinajstić information content (AvgIpc) is 3.03. The molecule has 5 nitrogen and oxygen atoms in total. The Morgan fingerprint density at radius 3 is 1.34 bits per heavy atom. The molecule has 2 amide bonds. The number of hydrogen-bond acceptors (Lipinski definition) is 3. The van der Waals surface area contributed by atoms with Crippen molar-refractivity contribution in [2.45, 2.75) is 181 Å². The van der Waals surface area contributed by atoms with Crippen molar-refractivity contribution in [3.63, 3.8) is 0 Å². The number of unbranched alkanes of at least 4 members (excludes halogenated alkanes) is 22. The van der Waals surface area contributed by atoms with Crippen molar-refractivity contribution in [1.29, 1.82) is 0 Å². The van der Waals surface area contributed by atoms with Crippen LogP contribution in [0.15, 0.2) is 18.2 Å². The summed E-state index contributed by atoms with van der Waals surface area (Å²) < 4.78 is 6.16. The van der Waals surface area contributed by atoms with Crippen LogP contribution < -0.4 is 15.4 Å². The lowest BCUT2D eigenvalue weighted by Gasteiger charge is -2.14. The van der Waals surface area contributed by atoms with Crippen LogP contribution in [0.2, 0.25) is 0 Å². The van der Waals surface area contributed by atoms with Crippen LogP contribution in [0.5, 0.6) is 5.75 Å². The monoisotopic (exact) mass is 615 g/mol. The Morgan fingerprint density at radius 2 is 0.886 bits per heavy atom. The van der Waals surface area contributed by atoms with Gasteiger partial charge < -0.3 is 15.4 Å². The van der Waals surface area contributed by atoms with E-state index in [1.165, 1.54) is 122 Å². The Bertz CT molecular complexity index is 826. The first-order valence-corrected chi connectivity index (χ1v) is 19.0. The molecule has 5 heteroatoms. The Balaban J connectivity index is 2.52. The third-order valence-electron chi connectivity index (χ3n) is 8.63. The van der Waals surface area contributed by atoms with E-state index in [1.54, 1.807) is 18.2 Å². The summed E-state index contributed by atoms with van der Waals surface area (Å²) in [6, 6.07) is 5.29. The highest BCUT2D eigenvalue weighted by molar-refractivity contribution is 6.00. The number of carbonyl (C=O) groups is 2. The van der Waals surface area contributed by atoms with Crippen molar-refractivity contribution in [3.8, 4) is 5.75 Å². The molecule has 44 heavy (non-hydrogen) atoms. The molecule has 0 radical (unpaired) electrons. The normalized spacial score (nSPS) is 11.1. The number of hydrogen-bond donors (Lipinski definition) is 2. The molecule has 0 aromatic heterocycles. The molecule has 1 rings (SSSR count). The van der Waals surface area contributed by atoms with Crippen molar-refractivity contribution in [2.75, 3.05) is 19.7 Å². The predicted molar refractivity (Wildman–Crippen MR) is 189 cm³/mol. The summed E-state index contributed by atoms with van der Waals surface area (Å²) in [5.41, 5.74) is 1.09. The van der Waals surface area contributed by atoms with Gasteiger partial charge in [0.25, 0.3) is 11.8 Å². The van der Waals surface area contributed by atoms with Crippen molar-refractivity contribution in [3.05, 3.63) is 29.3 Å². The van der Waals surface area contributed by atoms with Gasteiger partial charge in [-0.05, 0) is 37.5 Å². The Morgan fingerprint density at radius 1 is 0.500 bits per heavy atom. The lowest BCUT2D eigenvalue weighted by molar-refractivity contribution is 0.0937. The minimum Gasteiger partial charge on any atom is -0.493 e. The topological polar surface area (TPSA) is 67.4 Å². The average molecular weight is 615 g/mol. The third-order valence-corrected chi connectivity index (χ3v) is 8.63. The third kappa shape index (κ3) is 21.6. The summed E-state index contributed by atoms with van der Waals surface area (Å²) in [6.07, 6.45) is 31.2. The minimum atomic E-state index is -0.111. The van der Waals surface area contributed by atoms with E-state index >= 15 is 0 Å². The number of rotatable bonds is 31. The van der Waals surface area contributed by atoms with Crippen molar-refractivity contribution < 1.29 is 14.3 Å². The molecule has 0 atom stereocenters. The number of ether oxygens (including phenoxy) is 1. The summed E-state index contributed by atoms with van der Waals surface area (Å²) in [5.74, 6) is 0.322. The van der Waals surface area contributed by atoms with Gasteiger partial charge in [-0.3, -0.25) is 9.59 Å². The number of nitrogens with one attached hydrogen (secondary N) is 2. The maximum absolute atomic E-state index is 13.1. The first kappa shape index (κ1) is 40.0. The summed E-state index contributed by atoms with van der Waals surface area (Å²) in [7, 11) is 0. The molecule has 0 saturated carbocycles. The molecular weight excluding hydrogens is 544 g/mol. The molecule has 0 aliphatic carbocycles. The molecule has 1 aromatic rings. The lowest BCUT2D eigenvalue weighted by Crippen LogP contribution is -2.26. The standard InChI is InChI=1S/C39H70N2O3/c1-4-7-10-13-16-17-18-19-22-25-28-33-44-37-34-35(38(42)40-31-26-23-20-14-11-8-5-2)29-30-36(37)39(43)41-32-27-24-21-15-12-9-6-3/h29-30,34H,4-28,31-33H2,1-3H3,(H,40,42)(H,41,43). The summed E-state index contributed by atoms with van der Waals surface area (Å²) >= 11 is 0. The van der Waals surface area contributed by atoms with Gasteiger partial charge in [0.2, 0.25) is 0 Å². The fourth-order valence-corrected chi connectivity index (χ4v) is 5.68. The summed E-state index contributed by atoms with van der Waals surface area (Å²) in [5, 5.41) is 6.15. The van der Waals surface area contributed by atoms with Crippen LogP contribution in [0.3, 0.4) is 0 Å². The van der Waals surface area contributed by atoms with Gasteiger partial charge in [-0.2, -0.15) is 0 Å². The van der Waals surface area contributed by atoms with Crippen LogP contribution in [0.25, 0.3) is 0 Å². The highest BCUT2D eigenvalue weighted by Gasteiger charge is 2.16. The van der Waals surface area contributed by atoms with E-state index in [9.17, 15) is 9.59 Å².